The Hall–Kier alpha value is -3.70. The number of methoxy groups -OCH3 is 2. The van der Waals surface area contributed by atoms with Crippen molar-refractivity contribution in [2.24, 2.45) is 5.41 Å². The third kappa shape index (κ3) is 6.19. The van der Waals surface area contributed by atoms with Gasteiger partial charge in [0, 0.05) is 48.3 Å². The molecule has 6 rings (SSSR count). The lowest BCUT2D eigenvalue weighted by atomic mass is 9.58. The smallest absolute Gasteiger partial charge is 0.419 e. The van der Waals surface area contributed by atoms with Gasteiger partial charge in [0.15, 0.2) is 0 Å². The van der Waals surface area contributed by atoms with Crippen molar-refractivity contribution >= 4 is 28.7 Å². The van der Waals surface area contributed by atoms with Gasteiger partial charge in [-0.15, -0.1) is 0 Å². The number of hydrogen-bond donors (Lipinski definition) is 1. The molecule has 0 unspecified atom stereocenters. The van der Waals surface area contributed by atoms with Crippen LogP contribution in [0.2, 0.25) is 0 Å². The van der Waals surface area contributed by atoms with Gasteiger partial charge in [0.25, 0.3) is 0 Å². The van der Waals surface area contributed by atoms with Gasteiger partial charge in [0.05, 0.1) is 44.6 Å². The Morgan fingerprint density at radius 1 is 1.11 bits per heavy atom. The summed E-state index contributed by atoms with van der Waals surface area (Å²) in [6, 6.07) is 9.14. The summed E-state index contributed by atoms with van der Waals surface area (Å²) in [6.45, 7) is 9.56. The number of carbonyl (C=O) groups excluding carboxylic acids is 2. The first-order valence-electron chi connectivity index (χ1n) is 15.8. The van der Waals surface area contributed by atoms with E-state index >= 15 is 0 Å². The minimum absolute atomic E-state index is 0.0788. The molecule has 2 aromatic carbocycles. The van der Waals surface area contributed by atoms with E-state index in [0.29, 0.717) is 50.5 Å². The van der Waals surface area contributed by atoms with Crippen LogP contribution < -0.4 is 10.1 Å². The Balaban J connectivity index is 1.41. The second-order valence-corrected chi connectivity index (χ2v) is 14.1. The summed E-state index contributed by atoms with van der Waals surface area (Å²) >= 11 is 0. The zero-order valence-electron chi connectivity index (χ0n) is 27.4. The quantitative estimate of drug-likeness (QED) is 0.274. The molecule has 3 aliphatic rings. The number of esters is 1. The van der Waals surface area contributed by atoms with Crippen molar-refractivity contribution in [3.05, 3.63) is 58.8 Å². The van der Waals surface area contributed by atoms with Crippen LogP contribution in [-0.2, 0) is 20.8 Å². The van der Waals surface area contributed by atoms with Crippen molar-refractivity contribution < 1.29 is 37.3 Å². The standard InChI is InChI=1S/C35H43F2N3O6/c1-21-13-29(43-5)26(24-9-11-40(30(21)24)32(42)46-33(2,3)4)16-39-12-10-34(19-35(36,37)20-34)15-28(39)25-8-7-22(31(41)44-6)14-27(25)38-23-17-45-18-23/h7-9,11,13-14,23,28,38H,10,12,15-20H2,1-6H3/t28-/m1/s1. The number of aromatic nitrogens is 1. The summed E-state index contributed by atoms with van der Waals surface area (Å²) in [4.78, 5) is 28.0. The third-order valence-electron chi connectivity index (χ3n) is 9.50. The van der Waals surface area contributed by atoms with E-state index in [2.05, 4.69) is 10.2 Å². The van der Waals surface area contributed by atoms with Crippen LogP contribution in [0, 0.1) is 12.3 Å². The van der Waals surface area contributed by atoms with E-state index in [9.17, 15) is 18.4 Å². The van der Waals surface area contributed by atoms with Gasteiger partial charge in [0.2, 0.25) is 5.92 Å². The summed E-state index contributed by atoms with van der Waals surface area (Å²) in [6.07, 6.45) is 2.21. The maximum Gasteiger partial charge on any atom is 0.419 e. The van der Waals surface area contributed by atoms with Gasteiger partial charge in [-0.3, -0.25) is 9.47 Å². The number of nitrogens with one attached hydrogen (secondary N) is 1. The fourth-order valence-corrected chi connectivity index (χ4v) is 7.37. The number of carbonyl (C=O) groups is 2. The van der Waals surface area contributed by atoms with Gasteiger partial charge in [0.1, 0.15) is 11.4 Å². The fourth-order valence-electron chi connectivity index (χ4n) is 7.37. The van der Waals surface area contributed by atoms with E-state index in [-0.39, 0.29) is 24.9 Å². The lowest BCUT2D eigenvalue weighted by molar-refractivity contribution is -0.186. The van der Waals surface area contributed by atoms with Crippen LogP contribution in [0.5, 0.6) is 5.75 Å². The van der Waals surface area contributed by atoms with Crippen molar-refractivity contribution in [3.63, 3.8) is 0 Å². The Labute approximate surface area is 268 Å². The van der Waals surface area contributed by atoms with E-state index in [1.54, 1.807) is 25.4 Å². The van der Waals surface area contributed by atoms with Gasteiger partial charge in [-0.1, -0.05) is 6.07 Å². The Morgan fingerprint density at radius 2 is 1.85 bits per heavy atom. The number of likely N-dealkylation sites (tertiary alicyclic amines) is 1. The van der Waals surface area contributed by atoms with E-state index < -0.39 is 29.0 Å². The summed E-state index contributed by atoms with van der Waals surface area (Å²) in [5.74, 6) is -2.41. The van der Waals surface area contributed by atoms with E-state index in [4.69, 9.17) is 18.9 Å². The summed E-state index contributed by atoms with van der Waals surface area (Å²) in [5, 5.41) is 4.40. The Kier molecular flexibility index (Phi) is 8.29. The molecule has 1 spiro atoms. The third-order valence-corrected chi connectivity index (χ3v) is 9.50. The highest BCUT2D eigenvalue weighted by Crippen LogP contribution is 2.61. The minimum Gasteiger partial charge on any atom is -0.496 e. The Bertz CT molecular complexity index is 1650. The molecular formula is C35H43F2N3O6. The number of halogens is 2. The maximum atomic E-state index is 14.4. The molecule has 46 heavy (non-hydrogen) atoms. The number of rotatable bonds is 7. The molecule has 1 aliphatic carbocycles. The number of hydrogen-bond acceptors (Lipinski definition) is 8. The van der Waals surface area contributed by atoms with Crippen molar-refractivity contribution in [1.29, 1.82) is 0 Å². The lowest BCUT2D eigenvalue weighted by Crippen LogP contribution is -2.53. The SMILES string of the molecule is COC(=O)c1ccc([C@H]2CC3(CCN2Cc2c(OC)cc(C)c4c2ccn4C(=O)OC(C)(C)C)CC(F)(F)C3)c(NC2COC2)c1. The number of benzene rings is 2. The van der Waals surface area contributed by atoms with Crippen molar-refractivity contribution in [2.75, 3.05) is 39.3 Å². The summed E-state index contributed by atoms with van der Waals surface area (Å²) in [7, 11) is 2.97. The number of ether oxygens (including phenoxy) is 4. The number of anilines is 1. The van der Waals surface area contributed by atoms with Crippen LogP contribution in [0.1, 0.15) is 79.5 Å². The zero-order chi connectivity index (χ0) is 33.0. The molecule has 1 N–H and O–H groups in total. The van der Waals surface area contributed by atoms with Gasteiger partial charge in [-0.25, -0.2) is 18.4 Å². The average Bonchev–Trinajstić information content (AvgIpc) is 3.41. The summed E-state index contributed by atoms with van der Waals surface area (Å²) < 4.78 is 52.2. The topological polar surface area (TPSA) is 91.3 Å². The first kappa shape index (κ1) is 32.2. The maximum absolute atomic E-state index is 14.4. The average molecular weight is 640 g/mol. The van der Waals surface area contributed by atoms with E-state index in [1.165, 1.54) is 11.7 Å². The number of fused-ring (bicyclic) bond motifs is 1. The molecule has 0 radical (unpaired) electrons. The molecule has 0 amide bonds. The number of aryl methyl sites for hydroxylation is 1. The van der Waals surface area contributed by atoms with Gasteiger partial charge >= 0.3 is 12.1 Å². The molecule has 1 atom stereocenters. The van der Waals surface area contributed by atoms with Crippen LogP contribution in [0.4, 0.5) is 19.3 Å². The van der Waals surface area contributed by atoms with Crippen molar-refractivity contribution in [3.8, 4) is 5.75 Å². The van der Waals surface area contributed by atoms with Crippen molar-refractivity contribution in [2.45, 2.75) is 83.5 Å². The molecule has 3 heterocycles. The van der Waals surface area contributed by atoms with Crippen LogP contribution in [0.25, 0.3) is 10.9 Å². The van der Waals surface area contributed by atoms with Crippen LogP contribution in [0.3, 0.4) is 0 Å². The first-order chi connectivity index (χ1) is 21.7. The molecule has 3 aromatic rings. The van der Waals surface area contributed by atoms with E-state index in [0.717, 1.165) is 33.3 Å². The molecule has 9 nitrogen and oxygen atoms in total. The van der Waals surface area contributed by atoms with Crippen LogP contribution in [-0.4, -0.2) is 73.1 Å². The minimum atomic E-state index is -2.65. The highest BCUT2D eigenvalue weighted by molar-refractivity contribution is 5.95. The molecule has 1 aromatic heterocycles. The van der Waals surface area contributed by atoms with Gasteiger partial charge in [-0.05, 0) is 87.9 Å². The molecule has 1 saturated carbocycles. The first-order valence-corrected chi connectivity index (χ1v) is 15.8. The molecule has 2 aliphatic heterocycles. The normalized spacial score (nSPS) is 21.0. The monoisotopic (exact) mass is 639 g/mol. The molecule has 3 fully saturated rings. The predicted molar refractivity (Wildman–Crippen MR) is 170 cm³/mol. The highest BCUT2D eigenvalue weighted by Gasteiger charge is 2.58. The fraction of sp³-hybridized carbons (Fsp3) is 0.543. The van der Waals surface area contributed by atoms with Crippen LogP contribution >= 0.6 is 0 Å². The molecular weight excluding hydrogens is 596 g/mol. The van der Waals surface area contributed by atoms with E-state index in [1.807, 2.05) is 45.9 Å². The molecule has 2 saturated heterocycles. The number of alkyl halides is 2. The second-order valence-electron chi connectivity index (χ2n) is 14.1. The molecule has 11 heteroatoms. The van der Waals surface area contributed by atoms with Gasteiger partial charge in [-0.2, -0.15) is 0 Å². The largest absolute Gasteiger partial charge is 0.496 e. The molecule has 0 bridgehead atoms. The molecule has 248 valence electrons. The lowest BCUT2D eigenvalue weighted by Gasteiger charge is -2.55. The summed E-state index contributed by atoms with van der Waals surface area (Å²) in [5.41, 5.74) is 3.50. The van der Waals surface area contributed by atoms with Crippen molar-refractivity contribution in [1.82, 2.24) is 9.47 Å². The second kappa shape index (κ2) is 11.8. The highest BCUT2D eigenvalue weighted by atomic mass is 19.3. The zero-order valence-corrected chi connectivity index (χ0v) is 27.4. The van der Waals surface area contributed by atoms with Crippen LogP contribution in [0.15, 0.2) is 36.5 Å². The number of nitrogens with zero attached hydrogens (tertiary/aromatic N) is 2. The number of piperidine rings is 1. The Morgan fingerprint density at radius 3 is 2.46 bits per heavy atom. The van der Waals surface area contributed by atoms with Gasteiger partial charge < -0.3 is 24.3 Å². The predicted octanol–water partition coefficient (Wildman–Crippen LogP) is 7.09.